The molecule has 4 nitrogen and oxygen atoms in total. The molecule has 1 rings (SSSR count). The Morgan fingerprint density at radius 1 is 1.42 bits per heavy atom. The van der Waals surface area contributed by atoms with Crippen molar-refractivity contribution in [2.45, 2.75) is 25.2 Å². The molecule has 0 aliphatic carbocycles. The lowest BCUT2D eigenvalue weighted by molar-refractivity contribution is -0.155. The van der Waals surface area contributed by atoms with Gasteiger partial charge in [-0.15, -0.1) is 0 Å². The fraction of sp³-hybridized carbons (Fsp3) is 0.385. The van der Waals surface area contributed by atoms with E-state index in [0.29, 0.717) is 10.6 Å². The summed E-state index contributed by atoms with van der Waals surface area (Å²) in [5.74, 6) is -0.736. The van der Waals surface area contributed by atoms with Crippen molar-refractivity contribution < 1.29 is 14.0 Å². The lowest BCUT2D eigenvalue weighted by Crippen LogP contribution is -2.46. The first-order chi connectivity index (χ1) is 8.75. The summed E-state index contributed by atoms with van der Waals surface area (Å²) in [6, 6.07) is 8.45. The summed E-state index contributed by atoms with van der Waals surface area (Å²) in [4.78, 5) is 12.1. The summed E-state index contributed by atoms with van der Waals surface area (Å²) in [7, 11) is -0.931. The highest BCUT2D eigenvalue weighted by Gasteiger charge is 2.46. The Balaban J connectivity index is 3.42. The van der Waals surface area contributed by atoms with Gasteiger partial charge in [0.05, 0.1) is 7.11 Å². The zero-order valence-corrected chi connectivity index (χ0v) is 13.1. The van der Waals surface area contributed by atoms with E-state index in [4.69, 9.17) is 20.8 Å². The summed E-state index contributed by atoms with van der Waals surface area (Å²) >= 11 is 5.92. The Hall–Kier alpha value is -1.35. The molecule has 0 saturated carbocycles. The van der Waals surface area contributed by atoms with Gasteiger partial charge in [-0.3, -0.25) is 0 Å². The molecule has 0 saturated heterocycles. The van der Waals surface area contributed by atoms with Crippen molar-refractivity contribution in [3.05, 3.63) is 34.9 Å². The van der Waals surface area contributed by atoms with Gasteiger partial charge in [0.1, 0.15) is 6.07 Å². The average Bonchev–Trinajstić information content (AvgIpc) is 2.34. The van der Waals surface area contributed by atoms with Crippen LogP contribution in [-0.4, -0.2) is 21.4 Å². The first-order valence-electron chi connectivity index (χ1n) is 5.71. The zero-order valence-electron chi connectivity index (χ0n) is 11.4. The number of methoxy groups -OCH3 is 1. The standard InChI is InChI=1S/C13H16ClNO3Si/c1-17-12(16)13(9-15,18-19(2,3)4)10-6-5-7-11(14)8-10/h5-8H,1-4H3/t13-/m0/s1. The van der Waals surface area contributed by atoms with Crippen LogP contribution in [-0.2, 0) is 19.6 Å². The van der Waals surface area contributed by atoms with Gasteiger partial charge in [-0.25, -0.2) is 4.79 Å². The van der Waals surface area contributed by atoms with E-state index < -0.39 is 19.9 Å². The number of hydrogen-bond donors (Lipinski definition) is 0. The van der Waals surface area contributed by atoms with E-state index >= 15 is 0 Å². The average molecular weight is 298 g/mol. The quantitative estimate of drug-likeness (QED) is 0.633. The van der Waals surface area contributed by atoms with Gasteiger partial charge in [0.15, 0.2) is 8.32 Å². The van der Waals surface area contributed by atoms with Crippen LogP contribution in [0.25, 0.3) is 0 Å². The Morgan fingerprint density at radius 2 is 2.05 bits per heavy atom. The molecule has 0 fully saturated rings. The van der Waals surface area contributed by atoms with E-state index in [9.17, 15) is 10.1 Å². The van der Waals surface area contributed by atoms with Gasteiger partial charge in [0.2, 0.25) is 0 Å². The number of benzene rings is 1. The summed E-state index contributed by atoms with van der Waals surface area (Å²) in [5.41, 5.74) is -1.37. The van der Waals surface area contributed by atoms with Gasteiger partial charge >= 0.3 is 5.97 Å². The summed E-state index contributed by atoms with van der Waals surface area (Å²) in [5, 5.41) is 9.92. The van der Waals surface area contributed by atoms with Crippen LogP contribution in [0.5, 0.6) is 0 Å². The van der Waals surface area contributed by atoms with Gasteiger partial charge in [-0.2, -0.15) is 5.26 Å². The number of esters is 1. The van der Waals surface area contributed by atoms with Gasteiger partial charge in [0, 0.05) is 10.6 Å². The first-order valence-corrected chi connectivity index (χ1v) is 9.49. The third-order valence-electron chi connectivity index (χ3n) is 2.32. The Kier molecular flexibility index (Phi) is 4.74. The molecule has 0 aliphatic heterocycles. The van der Waals surface area contributed by atoms with Gasteiger partial charge in [-0.05, 0) is 31.8 Å². The molecular weight excluding hydrogens is 282 g/mol. The molecule has 6 heteroatoms. The molecule has 0 heterocycles. The number of carbonyl (C=O) groups excluding carboxylic acids is 1. The number of hydrogen-bond acceptors (Lipinski definition) is 4. The molecule has 0 aliphatic rings. The molecule has 0 unspecified atom stereocenters. The SMILES string of the molecule is COC(=O)[C@@](C#N)(O[Si](C)(C)C)c1cccc(Cl)c1. The number of nitrogens with zero attached hydrogens (tertiary/aromatic N) is 1. The molecule has 1 aromatic carbocycles. The highest BCUT2D eigenvalue weighted by Crippen LogP contribution is 2.32. The minimum Gasteiger partial charge on any atom is -0.466 e. The van der Waals surface area contributed by atoms with Crippen molar-refractivity contribution in [1.82, 2.24) is 0 Å². The van der Waals surface area contributed by atoms with Gasteiger partial charge in [-0.1, -0.05) is 23.7 Å². The molecule has 1 aromatic rings. The molecule has 19 heavy (non-hydrogen) atoms. The molecule has 0 bridgehead atoms. The van der Waals surface area contributed by atoms with Crippen molar-refractivity contribution in [1.29, 1.82) is 5.26 Å². The molecule has 0 aromatic heterocycles. The monoisotopic (exact) mass is 297 g/mol. The van der Waals surface area contributed by atoms with Gasteiger partial charge < -0.3 is 9.16 Å². The van der Waals surface area contributed by atoms with Crippen LogP contribution >= 0.6 is 11.6 Å². The lowest BCUT2D eigenvalue weighted by Gasteiger charge is -2.31. The second kappa shape index (κ2) is 5.74. The van der Waals surface area contributed by atoms with Crippen LogP contribution in [0.4, 0.5) is 0 Å². The van der Waals surface area contributed by atoms with Crippen LogP contribution in [0.1, 0.15) is 5.56 Å². The maximum absolute atomic E-state index is 12.1. The molecule has 0 N–H and O–H groups in total. The first kappa shape index (κ1) is 15.7. The topological polar surface area (TPSA) is 59.3 Å². The van der Waals surface area contributed by atoms with Crippen LogP contribution in [0.2, 0.25) is 24.7 Å². The van der Waals surface area contributed by atoms with Gasteiger partial charge in [0.25, 0.3) is 5.60 Å². The Labute approximate surface area is 119 Å². The van der Waals surface area contributed by atoms with Crippen LogP contribution in [0.15, 0.2) is 24.3 Å². The summed E-state index contributed by atoms with van der Waals surface area (Å²) in [6.07, 6.45) is 0. The van der Waals surface area contributed by atoms with Crippen molar-refractivity contribution in [2.24, 2.45) is 0 Å². The maximum Gasteiger partial charge on any atom is 0.357 e. The van der Waals surface area contributed by atoms with E-state index in [0.717, 1.165) is 0 Å². The highest BCUT2D eigenvalue weighted by molar-refractivity contribution is 6.70. The fourth-order valence-corrected chi connectivity index (χ4v) is 3.02. The minimum atomic E-state index is -2.16. The van der Waals surface area contributed by atoms with E-state index in [1.54, 1.807) is 24.3 Å². The van der Waals surface area contributed by atoms with Crippen LogP contribution < -0.4 is 0 Å². The van der Waals surface area contributed by atoms with Crippen molar-refractivity contribution in [3.8, 4) is 6.07 Å². The number of nitriles is 1. The normalized spacial score (nSPS) is 14.3. The predicted octanol–water partition coefficient (Wildman–Crippen LogP) is 3.08. The number of rotatable bonds is 4. The molecule has 0 spiro atoms. The smallest absolute Gasteiger partial charge is 0.357 e. The number of carbonyl (C=O) groups is 1. The molecule has 0 amide bonds. The molecule has 102 valence electrons. The fourth-order valence-electron chi connectivity index (χ4n) is 1.66. The van der Waals surface area contributed by atoms with Crippen molar-refractivity contribution >= 4 is 25.9 Å². The minimum absolute atomic E-state index is 0.386. The third kappa shape index (κ3) is 3.57. The largest absolute Gasteiger partial charge is 0.466 e. The summed E-state index contributed by atoms with van der Waals surface area (Å²) < 4.78 is 10.6. The van der Waals surface area contributed by atoms with E-state index in [1.807, 2.05) is 25.7 Å². The second-order valence-electron chi connectivity index (χ2n) is 5.01. The Morgan fingerprint density at radius 3 is 2.47 bits per heavy atom. The molecule has 1 atom stereocenters. The van der Waals surface area contributed by atoms with E-state index in [1.165, 1.54) is 7.11 Å². The highest BCUT2D eigenvalue weighted by atomic mass is 35.5. The lowest BCUT2D eigenvalue weighted by atomic mass is 9.96. The van der Waals surface area contributed by atoms with E-state index in [-0.39, 0.29) is 0 Å². The predicted molar refractivity (Wildman–Crippen MR) is 75.2 cm³/mol. The van der Waals surface area contributed by atoms with Crippen molar-refractivity contribution in [2.75, 3.05) is 7.11 Å². The number of halogens is 1. The summed E-state index contributed by atoms with van der Waals surface area (Å²) in [6.45, 7) is 5.69. The van der Waals surface area contributed by atoms with Crippen LogP contribution in [0.3, 0.4) is 0 Å². The van der Waals surface area contributed by atoms with Crippen molar-refractivity contribution in [3.63, 3.8) is 0 Å². The van der Waals surface area contributed by atoms with Crippen LogP contribution in [0, 0.1) is 11.3 Å². The number of ether oxygens (including phenoxy) is 1. The second-order valence-corrected chi connectivity index (χ2v) is 9.87. The zero-order chi connectivity index (χ0) is 14.7. The van der Waals surface area contributed by atoms with E-state index in [2.05, 4.69) is 0 Å². The Bertz CT molecular complexity index is 521. The molecule has 0 radical (unpaired) electrons. The maximum atomic E-state index is 12.1. The molecular formula is C13H16ClNO3Si. The third-order valence-corrected chi connectivity index (χ3v) is 3.47.